The van der Waals surface area contributed by atoms with Gasteiger partial charge in [-0.05, 0) is 49.9 Å². The monoisotopic (exact) mass is 275 g/mol. The maximum Gasteiger partial charge on any atom is 0.224 e. The standard InChI is InChI=1S/C16H21NO3/c1-10-7-14-9-15(20-4)8-13(6-5-11(2)18)16(14)17(10)12(3)19/h8-10H,5-7H2,1-4H3. The van der Waals surface area contributed by atoms with Crippen LogP contribution in [0.4, 0.5) is 5.69 Å². The third-order valence-electron chi connectivity index (χ3n) is 3.76. The summed E-state index contributed by atoms with van der Waals surface area (Å²) in [7, 11) is 1.64. The van der Waals surface area contributed by atoms with Crippen molar-refractivity contribution in [2.75, 3.05) is 12.0 Å². The molecule has 1 heterocycles. The van der Waals surface area contributed by atoms with Gasteiger partial charge < -0.3 is 14.4 Å². The second kappa shape index (κ2) is 5.65. The van der Waals surface area contributed by atoms with Gasteiger partial charge in [0.1, 0.15) is 11.5 Å². The minimum Gasteiger partial charge on any atom is -0.497 e. The fourth-order valence-corrected chi connectivity index (χ4v) is 2.91. The number of benzene rings is 1. The molecule has 0 spiro atoms. The molecule has 1 aliphatic rings. The van der Waals surface area contributed by atoms with E-state index in [1.54, 1.807) is 21.0 Å². The summed E-state index contributed by atoms with van der Waals surface area (Å²) in [5.74, 6) is 0.993. The highest BCUT2D eigenvalue weighted by Crippen LogP contribution is 2.39. The lowest BCUT2D eigenvalue weighted by Crippen LogP contribution is -2.34. The molecule has 0 fully saturated rings. The molecule has 2 rings (SSSR count). The number of carbonyl (C=O) groups excluding carboxylic acids is 2. The second-order valence-electron chi connectivity index (χ2n) is 5.44. The first kappa shape index (κ1) is 14.6. The first-order valence-corrected chi connectivity index (χ1v) is 6.93. The topological polar surface area (TPSA) is 46.6 Å². The highest BCUT2D eigenvalue weighted by atomic mass is 16.5. The minimum atomic E-state index is 0.0468. The van der Waals surface area contributed by atoms with Crippen LogP contribution in [0.3, 0.4) is 0 Å². The summed E-state index contributed by atoms with van der Waals surface area (Å²) in [4.78, 5) is 25.0. The molecule has 0 bridgehead atoms. The number of hydrogen-bond acceptors (Lipinski definition) is 3. The number of hydrogen-bond donors (Lipinski definition) is 0. The van der Waals surface area contributed by atoms with E-state index in [4.69, 9.17) is 4.74 Å². The van der Waals surface area contributed by atoms with Gasteiger partial charge in [-0.15, -0.1) is 0 Å². The van der Waals surface area contributed by atoms with Gasteiger partial charge in [0.2, 0.25) is 5.91 Å². The predicted molar refractivity (Wildman–Crippen MR) is 78.3 cm³/mol. The molecule has 0 radical (unpaired) electrons. The lowest BCUT2D eigenvalue weighted by atomic mass is 10.0. The first-order valence-electron chi connectivity index (χ1n) is 6.93. The molecular weight excluding hydrogens is 254 g/mol. The molecule has 1 aromatic rings. The number of ketones is 1. The number of amides is 1. The first-order chi connectivity index (χ1) is 9.43. The van der Waals surface area contributed by atoms with Crippen LogP contribution in [-0.2, 0) is 22.4 Å². The number of nitrogens with zero attached hydrogens (tertiary/aromatic N) is 1. The van der Waals surface area contributed by atoms with E-state index in [0.717, 1.165) is 29.0 Å². The van der Waals surface area contributed by atoms with Crippen molar-refractivity contribution in [1.29, 1.82) is 0 Å². The van der Waals surface area contributed by atoms with E-state index >= 15 is 0 Å². The molecule has 1 aromatic carbocycles. The van der Waals surface area contributed by atoms with Crippen molar-refractivity contribution in [3.8, 4) is 5.75 Å². The zero-order valence-corrected chi connectivity index (χ0v) is 12.5. The minimum absolute atomic E-state index is 0.0468. The van der Waals surface area contributed by atoms with E-state index in [-0.39, 0.29) is 17.7 Å². The van der Waals surface area contributed by atoms with Crippen molar-refractivity contribution in [3.63, 3.8) is 0 Å². The van der Waals surface area contributed by atoms with Gasteiger partial charge in [0.05, 0.1) is 12.8 Å². The Balaban J connectivity index is 2.47. The molecule has 1 unspecified atom stereocenters. The van der Waals surface area contributed by atoms with Crippen molar-refractivity contribution < 1.29 is 14.3 Å². The summed E-state index contributed by atoms with van der Waals surface area (Å²) in [5.41, 5.74) is 3.13. The summed E-state index contributed by atoms with van der Waals surface area (Å²) < 4.78 is 5.33. The van der Waals surface area contributed by atoms with Crippen molar-refractivity contribution >= 4 is 17.4 Å². The highest BCUT2D eigenvalue weighted by Gasteiger charge is 2.31. The summed E-state index contributed by atoms with van der Waals surface area (Å²) in [6.07, 6.45) is 1.96. The average molecular weight is 275 g/mol. The van der Waals surface area contributed by atoms with Gasteiger partial charge in [0, 0.05) is 19.4 Å². The van der Waals surface area contributed by atoms with Crippen LogP contribution in [-0.4, -0.2) is 24.8 Å². The number of Topliss-reactive ketones (excluding diaryl/α,β-unsaturated/α-hetero) is 1. The molecule has 108 valence electrons. The second-order valence-corrected chi connectivity index (χ2v) is 5.44. The lowest BCUT2D eigenvalue weighted by molar-refractivity contribution is -0.117. The fraction of sp³-hybridized carbons (Fsp3) is 0.500. The van der Waals surface area contributed by atoms with Gasteiger partial charge in [-0.3, -0.25) is 4.79 Å². The smallest absolute Gasteiger partial charge is 0.224 e. The molecule has 0 aliphatic carbocycles. The molecular formula is C16H21NO3. The predicted octanol–water partition coefficient (Wildman–Crippen LogP) is 2.51. The Morgan fingerprint density at radius 3 is 2.60 bits per heavy atom. The van der Waals surface area contributed by atoms with Crippen molar-refractivity contribution in [3.05, 3.63) is 23.3 Å². The van der Waals surface area contributed by atoms with E-state index in [1.165, 1.54) is 0 Å². The molecule has 0 aromatic heterocycles. The Hall–Kier alpha value is -1.84. The van der Waals surface area contributed by atoms with Crippen LogP contribution in [0, 0.1) is 0 Å². The molecule has 20 heavy (non-hydrogen) atoms. The summed E-state index contributed by atoms with van der Waals surface area (Å²) >= 11 is 0. The molecule has 1 aliphatic heterocycles. The quantitative estimate of drug-likeness (QED) is 0.848. The third kappa shape index (κ3) is 2.69. The fourth-order valence-electron chi connectivity index (χ4n) is 2.91. The maximum atomic E-state index is 11.9. The molecule has 1 atom stereocenters. The van der Waals surface area contributed by atoms with Gasteiger partial charge in [-0.1, -0.05) is 0 Å². The van der Waals surface area contributed by atoms with Gasteiger partial charge in [-0.2, -0.15) is 0 Å². The molecule has 1 amide bonds. The van der Waals surface area contributed by atoms with E-state index in [0.29, 0.717) is 12.8 Å². The number of fused-ring (bicyclic) bond motifs is 1. The maximum absolute atomic E-state index is 11.9. The number of aryl methyl sites for hydroxylation is 1. The Morgan fingerprint density at radius 1 is 1.35 bits per heavy atom. The van der Waals surface area contributed by atoms with Crippen LogP contribution in [0.1, 0.15) is 38.3 Å². The Morgan fingerprint density at radius 2 is 2.05 bits per heavy atom. The summed E-state index contributed by atoms with van der Waals surface area (Å²) in [6, 6.07) is 4.09. The zero-order valence-electron chi connectivity index (χ0n) is 12.5. The number of ether oxygens (including phenoxy) is 1. The van der Waals surface area contributed by atoms with Crippen LogP contribution in [0.5, 0.6) is 5.75 Å². The number of rotatable bonds is 4. The number of methoxy groups -OCH3 is 1. The molecule has 4 nitrogen and oxygen atoms in total. The van der Waals surface area contributed by atoms with Gasteiger partial charge in [0.15, 0.2) is 0 Å². The Bertz CT molecular complexity index is 551. The zero-order chi connectivity index (χ0) is 14.9. The number of anilines is 1. The van der Waals surface area contributed by atoms with Gasteiger partial charge >= 0.3 is 0 Å². The van der Waals surface area contributed by atoms with Crippen molar-refractivity contribution in [1.82, 2.24) is 0 Å². The van der Waals surface area contributed by atoms with Crippen LogP contribution in [0.25, 0.3) is 0 Å². The number of carbonyl (C=O) groups is 2. The molecule has 0 saturated carbocycles. The highest BCUT2D eigenvalue weighted by molar-refractivity contribution is 5.96. The van der Waals surface area contributed by atoms with Gasteiger partial charge in [0.25, 0.3) is 0 Å². The van der Waals surface area contributed by atoms with Gasteiger partial charge in [-0.25, -0.2) is 0 Å². The Labute approximate surface area is 119 Å². The average Bonchev–Trinajstić information content (AvgIpc) is 2.71. The van der Waals surface area contributed by atoms with Crippen molar-refractivity contribution in [2.45, 2.75) is 46.1 Å². The summed E-state index contributed by atoms with van der Waals surface area (Å²) in [6.45, 7) is 5.22. The van der Waals surface area contributed by atoms with E-state index < -0.39 is 0 Å². The summed E-state index contributed by atoms with van der Waals surface area (Å²) in [5, 5.41) is 0. The van der Waals surface area contributed by atoms with E-state index in [2.05, 4.69) is 0 Å². The SMILES string of the molecule is COc1cc(CCC(C)=O)c2c(c1)CC(C)N2C(C)=O. The molecule has 0 saturated heterocycles. The normalized spacial score (nSPS) is 17.0. The van der Waals surface area contributed by atoms with E-state index in [1.807, 2.05) is 24.0 Å². The van der Waals surface area contributed by atoms with Crippen LogP contribution in [0.15, 0.2) is 12.1 Å². The van der Waals surface area contributed by atoms with Crippen molar-refractivity contribution in [2.24, 2.45) is 0 Å². The Kier molecular flexibility index (Phi) is 4.12. The lowest BCUT2D eigenvalue weighted by Gasteiger charge is -2.23. The largest absolute Gasteiger partial charge is 0.497 e. The van der Waals surface area contributed by atoms with Crippen LogP contribution < -0.4 is 9.64 Å². The van der Waals surface area contributed by atoms with Crippen LogP contribution >= 0.6 is 0 Å². The van der Waals surface area contributed by atoms with E-state index in [9.17, 15) is 9.59 Å². The third-order valence-corrected chi connectivity index (χ3v) is 3.76. The van der Waals surface area contributed by atoms with Crippen LogP contribution in [0.2, 0.25) is 0 Å². The molecule has 0 N–H and O–H groups in total. The molecule has 4 heteroatoms.